The van der Waals surface area contributed by atoms with Crippen LogP contribution in [0.1, 0.15) is 48.0 Å². The zero-order valence-corrected chi connectivity index (χ0v) is 17.4. The Bertz CT molecular complexity index is 817. The van der Waals surface area contributed by atoms with E-state index < -0.39 is 6.04 Å². The van der Waals surface area contributed by atoms with Crippen LogP contribution in [0.5, 0.6) is 0 Å². The van der Waals surface area contributed by atoms with Gasteiger partial charge in [-0.1, -0.05) is 0 Å². The van der Waals surface area contributed by atoms with Gasteiger partial charge in [0.05, 0.1) is 10.6 Å². The second-order valence-electron chi connectivity index (χ2n) is 7.55. The molecule has 2 aliphatic rings. The summed E-state index contributed by atoms with van der Waals surface area (Å²) in [4.78, 5) is 26.6. The molecule has 148 valence electrons. The molecular weight excluding hydrogens is 386 g/mol. The lowest BCUT2D eigenvalue weighted by Crippen LogP contribution is -2.52. The fourth-order valence-electron chi connectivity index (χ4n) is 4.15. The van der Waals surface area contributed by atoms with Crippen molar-refractivity contribution in [2.45, 2.75) is 63.7 Å². The Morgan fingerprint density at radius 1 is 1.33 bits per heavy atom. The molecule has 3 N–H and O–H groups in total. The number of rotatable bonds is 4. The lowest BCUT2D eigenvalue weighted by Gasteiger charge is -2.30. The standard InChI is InChI=1S/C18H25N5O2S.ClH/c1-9-14-8-15(26-18(14)23(3)22-9)17(25)19-10(2)16(24)21-13-6-11-4-5-12(7-13)20-11;/h8,10-13,20H,4-7H2,1-3H3,(H,19,25)(H,21,24);1H. The Kier molecular flexibility index (Phi) is 5.79. The van der Waals surface area contributed by atoms with E-state index in [4.69, 9.17) is 0 Å². The molecule has 2 bridgehead atoms. The normalized spacial score (nSPS) is 25.1. The molecule has 4 rings (SSSR count). The average Bonchev–Trinajstić information content (AvgIpc) is 3.24. The van der Waals surface area contributed by atoms with Crippen molar-refractivity contribution in [1.82, 2.24) is 25.7 Å². The molecule has 0 saturated carbocycles. The maximum absolute atomic E-state index is 12.5. The second-order valence-corrected chi connectivity index (χ2v) is 8.58. The number of aryl methyl sites for hydroxylation is 2. The van der Waals surface area contributed by atoms with Crippen LogP contribution in [0, 0.1) is 6.92 Å². The molecule has 0 aliphatic carbocycles. The van der Waals surface area contributed by atoms with E-state index in [2.05, 4.69) is 21.0 Å². The Hall–Kier alpha value is -1.64. The molecule has 3 unspecified atom stereocenters. The number of aromatic nitrogens is 2. The largest absolute Gasteiger partial charge is 0.351 e. The fraction of sp³-hybridized carbons (Fsp3) is 0.611. The molecule has 0 radical (unpaired) electrons. The SMILES string of the molecule is Cc1nn(C)c2sc(C(=O)NC(C)C(=O)NC3CC4CCC(C3)N4)cc12.Cl. The van der Waals surface area contributed by atoms with E-state index in [9.17, 15) is 9.59 Å². The van der Waals surface area contributed by atoms with Crippen molar-refractivity contribution in [3.8, 4) is 0 Å². The summed E-state index contributed by atoms with van der Waals surface area (Å²) in [6, 6.07) is 2.56. The van der Waals surface area contributed by atoms with Crippen LogP contribution >= 0.6 is 23.7 Å². The molecule has 2 fully saturated rings. The number of hydrogen-bond donors (Lipinski definition) is 3. The van der Waals surface area contributed by atoms with Crippen LogP contribution in [0.3, 0.4) is 0 Å². The summed E-state index contributed by atoms with van der Waals surface area (Å²) < 4.78 is 1.79. The number of hydrogen-bond acceptors (Lipinski definition) is 5. The average molecular weight is 412 g/mol. The highest BCUT2D eigenvalue weighted by Gasteiger charge is 2.34. The summed E-state index contributed by atoms with van der Waals surface area (Å²) >= 11 is 1.40. The molecule has 2 saturated heterocycles. The van der Waals surface area contributed by atoms with Gasteiger partial charge in [0.25, 0.3) is 5.91 Å². The smallest absolute Gasteiger partial charge is 0.262 e. The van der Waals surface area contributed by atoms with Gasteiger partial charge in [0.2, 0.25) is 5.91 Å². The van der Waals surface area contributed by atoms with Crippen molar-refractivity contribution < 1.29 is 9.59 Å². The number of nitrogens with one attached hydrogen (secondary N) is 3. The summed E-state index contributed by atoms with van der Waals surface area (Å²) in [5.74, 6) is -0.317. The first-order valence-electron chi connectivity index (χ1n) is 9.21. The van der Waals surface area contributed by atoms with Crippen molar-refractivity contribution in [3.63, 3.8) is 0 Å². The molecule has 4 heterocycles. The molecule has 2 amide bonds. The summed E-state index contributed by atoms with van der Waals surface area (Å²) in [5.41, 5.74) is 0.907. The zero-order valence-electron chi connectivity index (χ0n) is 15.7. The molecule has 3 atom stereocenters. The third-order valence-electron chi connectivity index (χ3n) is 5.48. The number of fused-ring (bicyclic) bond motifs is 3. The van der Waals surface area contributed by atoms with Crippen molar-refractivity contribution in [2.75, 3.05) is 0 Å². The number of carbonyl (C=O) groups excluding carboxylic acids is 2. The summed E-state index contributed by atoms with van der Waals surface area (Å²) in [6.45, 7) is 3.67. The van der Waals surface area contributed by atoms with Crippen molar-refractivity contribution in [3.05, 3.63) is 16.6 Å². The van der Waals surface area contributed by atoms with Crippen LogP contribution < -0.4 is 16.0 Å². The van der Waals surface area contributed by atoms with E-state index in [0.717, 1.165) is 28.8 Å². The third kappa shape index (κ3) is 3.97. The highest BCUT2D eigenvalue weighted by Crippen LogP contribution is 2.28. The van der Waals surface area contributed by atoms with Gasteiger partial charge in [0.1, 0.15) is 10.9 Å². The molecule has 9 heteroatoms. The minimum absolute atomic E-state index is 0. The summed E-state index contributed by atoms with van der Waals surface area (Å²) in [6.07, 6.45) is 4.35. The summed E-state index contributed by atoms with van der Waals surface area (Å²) in [5, 5.41) is 14.8. The van der Waals surface area contributed by atoms with Gasteiger partial charge in [-0.05, 0) is 45.6 Å². The Morgan fingerprint density at radius 2 is 2.00 bits per heavy atom. The predicted octanol–water partition coefficient (Wildman–Crippen LogP) is 1.88. The molecule has 0 spiro atoms. The van der Waals surface area contributed by atoms with Crippen LogP contribution in [-0.2, 0) is 11.8 Å². The van der Waals surface area contributed by atoms with Gasteiger partial charge in [0, 0.05) is 30.6 Å². The third-order valence-corrected chi connectivity index (χ3v) is 6.68. The van der Waals surface area contributed by atoms with Crippen LogP contribution in [0.15, 0.2) is 6.07 Å². The first-order valence-corrected chi connectivity index (χ1v) is 10.0. The van der Waals surface area contributed by atoms with Crippen LogP contribution in [0.4, 0.5) is 0 Å². The minimum atomic E-state index is -0.556. The van der Waals surface area contributed by atoms with Gasteiger partial charge < -0.3 is 16.0 Å². The monoisotopic (exact) mass is 411 g/mol. The fourth-order valence-corrected chi connectivity index (χ4v) is 5.18. The number of carbonyl (C=O) groups is 2. The lowest BCUT2D eigenvalue weighted by molar-refractivity contribution is -0.123. The molecule has 7 nitrogen and oxygen atoms in total. The molecular formula is C18H26ClN5O2S. The molecule has 0 aromatic carbocycles. The maximum Gasteiger partial charge on any atom is 0.262 e. The van der Waals surface area contributed by atoms with E-state index in [1.807, 2.05) is 20.0 Å². The number of piperidine rings is 1. The van der Waals surface area contributed by atoms with Gasteiger partial charge in [-0.3, -0.25) is 14.3 Å². The Labute approximate surface area is 168 Å². The van der Waals surface area contributed by atoms with Gasteiger partial charge in [-0.25, -0.2) is 0 Å². The number of halogens is 1. The van der Waals surface area contributed by atoms with Gasteiger partial charge >= 0.3 is 0 Å². The van der Waals surface area contributed by atoms with E-state index in [1.54, 1.807) is 11.6 Å². The first kappa shape index (κ1) is 20.1. The molecule has 2 aromatic heterocycles. The number of amides is 2. The van der Waals surface area contributed by atoms with E-state index in [1.165, 1.54) is 24.2 Å². The minimum Gasteiger partial charge on any atom is -0.351 e. The molecule has 2 aromatic rings. The number of nitrogens with zero attached hydrogens (tertiary/aromatic N) is 2. The van der Waals surface area contributed by atoms with E-state index in [-0.39, 0.29) is 30.3 Å². The van der Waals surface area contributed by atoms with Gasteiger partial charge in [-0.15, -0.1) is 23.7 Å². The second kappa shape index (κ2) is 7.77. The predicted molar refractivity (Wildman–Crippen MR) is 109 cm³/mol. The molecule has 2 aliphatic heterocycles. The Balaban J connectivity index is 0.00000210. The summed E-state index contributed by atoms with van der Waals surface area (Å²) in [7, 11) is 1.87. The molecule has 27 heavy (non-hydrogen) atoms. The zero-order chi connectivity index (χ0) is 18.4. The quantitative estimate of drug-likeness (QED) is 0.716. The first-order chi connectivity index (χ1) is 12.4. The Morgan fingerprint density at radius 3 is 2.63 bits per heavy atom. The van der Waals surface area contributed by atoms with Gasteiger partial charge in [-0.2, -0.15) is 5.10 Å². The van der Waals surface area contributed by atoms with Crippen LogP contribution in [-0.4, -0.2) is 45.8 Å². The highest BCUT2D eigenvalue weighted by molar-refractivity contribution is 7.20. The van der Waals surface area contributed by atoms with Crippen LogP contribution in [0.2, 0.25) is 0 Å². The number of thiophene rings is 1. The maximum atomic E-state index is 12.5. The highest BCUT2D eigenvalue weighted by atomic mass is 35.5. The van der Waals surface area contributed by atoms with Gasteiger partial charge in [0.15, 0.2) is 0 Å². The van der Waals surface area contributed by atoms with Crippen molar-refractivity contribution >= 4 is 45.8 Å². The van der Waals surface area contributed by atoms with Crippen LogP contribution in [0.25, 0.3) is 10.2 Å². The van der Waals surface area contributed by atoms with Crippen molar-refractivity contribution in [2.24, 2.45) is 7.05 Å². The van der Waals surface area contributed by atoms with E-state index in [0.29, 0.717) is 17.0 Å². The lowest BCUT2D eigenvalue weighted by atomic mass is 9.99. The topological polar surface area (TPSA) is 88.0 Å². The van der Waals surface area contributed by atoms with E-state index >= 15 is 0 Å². The van der Waals surface area contributed by atoms with Crippen molar-refractivity contribution in [1.29, 1.82) is 0 Å².